The molecule has 0 radical (unpaired) electrons. The van der Waals surface area contributed by atoms with Crippen LogP contribution in [0.2, 0.25) is 0 Å². The van der Waals surface area contributed by atoms with Crippen LogP contribution in [-0.2, 0) is 11.3 Å². The Hall–Kier alpha value is -2.29. The van der Waals surface area contributed by atoms with Gasteiger partial charge in [-0.25, -0.2) is 5.06 Å². The molecular formula is C12H16F3N5O. The van der Waals surface area contributed by atoms with E-state index in [0.717, 1.165) is 5.56 Å². The third kappa shape index (κ3) is 6.61. The number of alkyl halides is 3. The van der Waals surface area contributed by atoms with Crippen molar-refractivity contribution in [3.05, 3.63) is 35.9 Å². The monoisotopic (exact) mass is 303 g/mol. The van der Waals surface area contributed by atoms with E-state index in [2.05, 4.69) is 15.1 Å². The van der Waals surface area contributed by atoms with Crippen LogP contribution in [0.4, 0.5) is 13.2 Å². The minimum absolute atomic E-state index is 0.115. The summed E-state index contributed by atoms with van der Waals surface area (Å²) in [5.74, 6) is -0.832. The van der Waals surface area contributed by atoms with Crippen LogP contribution in [0.3, 0.4) is 0 Å². The quantitative estimate of drug-likeness (QED) is 0.446. The molecule has 0 heterocycles. The van der Waals surface area contributed by atoms with Crippen LogP contribution in [0, 0.1) is 5.41 Å². The number of rotatable bonds is 4. The van der Waals surface area contributed by atoms with E-state index >= 15 is 0 Å². The van der Waals surface area contributed by atoms with Crippen LogP contribution in [-0.4, -0.2) is 36.9 Å². The summed E-state index contributed by atoms with van der Waals surface area (Å²) in [5.41, 5.74) is 5.95. The zero-order valence-electron chi connectivity index (χ0n) is 11.3. The van der Waals surface area contributed by atoms with E-state index in [-0.39, 0.29) is 12.5 Å². The second-order valence-electron chi connectivity index (χ2n) is 3.96. The van der Waals surface area contributed by atoms with Crippen LogP contribution >= 0.6 is 0 Å². The third-order valence-electron chi connectivity index (χ3n) is 2.35. The van der Waals surface area contributed by atoms with Crippen LogP contribution in [0.5, 0.6) is 0 Å². The van der Waals surface area contributed by atoms with E-state index in [1.165, 1.54) is 7.05 Å². The Morgan fingerprint density at radius 3 is 2.48 bits per heavy atom. The first kappa shape index (κ1) is 16.8. The van der Waals surface area contributed by atoms with Gasteiger partial charge < -0.3 is 5.73 Å². The molecular weight excluding hydrogens is 287 g/mol. The van der Waals surface area contributed by atoms with Gasteiger partial charge >= 0.3 is 6.36 Å². The molecule has 9 heteroatoms. The van der Waals surface area contributed by atoms with E-state index in [4.69, 9.17) is 11.1 Å². The first-order valence-corrected chi connectivity index (χ1v) is 5.97. The molecule has 0 atom stereocenters. The molecule has 0 spiro atoms. The minimum atomic E-state index is -4.87. The molecule has 0 fully saturated rings. The van der Waals surface area contributed by atoms with Crippen molar-refractivity contribution in [2.24, 2.45) is 10.7 Å². The Bertz CT molecular complexity index is 489. The van der Waals surface area contributed by atoms with Crippen molar-refractivity contribution in [3.63, 3.8) is 0 Å². The van der Waals surface area contributed by atoms with Crippen molar-refractivity contribution in [2.75, 3.05) is 13.6 Å². The van der Waals surface area contributed by atoms with Crippen molar-refractivity contribution in [1.29, 1.82) is 5.41 Å². The fraction of sp³-hybridized carbons (Fsp3) is 0.333. The zero-order valence-corrected chi connectivity index (χ0v) is 11.3. The summed E-state index contributed by atoms with van der Waals surface area (Å²) in [6, 6.07) is 8.95. The maximum absolute atomic E-state index is 12.4. The van der Waals surface area contributed by atoms with Gasteiger partial charge in [0.2, 0.25) is 5.96 Å². The lowest BCUT2D eigenvalue weighted by Gasteiger charge is -2.25. The summed E-state index contributed by atoms with van der Waals surface area (Å²) in [6.07, 6.45) is -4.57. The number of aliphatic imine (C=N–C) groups is 1. The minimum Gasteiger partial charge on any atom is -0.370 e. The standard InChI is InChI=1S/C12H16F3N5O/c1-18-11(19-10(16)17)20(21-12(13,14)15)8-7-9-5-3-2-4-6-9/h2-6H,7-8H2,1H3,(H4,16,17,18,19). The summed E-state index contributed by atoms with van der Waals surface area (Å²) in [6.45, 7) is -0.115. The molecule has 0 aliphatic carbocycles. The van der Waals surface area contributed by atoms with Gasteiger partial charge in [0.15, 0.2) is 5.96 Å². The largest absolute Gasteiger partial charge is 0.544 e. The molecule has 6 nitrogen and oxygen atoms in total. The number of nitrogens with two attached hydrogens (primary N) is 1. The van der Waals surface area contributed by atoms with Gasteiger partial charge in [-0.05, 0) is 12.0 Å². The first-order chi connectivity index (χ1) is 9.81. The topological polar surface area (TPSA) is 86.7 Å². The second kappa shape index (κ2) is 7.48. The fourth-order valence-electron chi connectivity index (χ4n) is 1.55. The SMILES string of the molecule is CN=C(NC(=N)N)N(CCc1ccccc1)OC(F)(F)F. The number of nitrogens with zero attached hydrogens (tertiary/aromatic N) is 2. The van der Waals surface area contributed by atoms with Crippen LogP contribution in [0.1, 0.15) is 5.56 Å². The molecule has 1 aromatic carbocycles. The van der Waals surface area contributed by atoms with Crippen LogP contribution < -0.4 is 11.1 Å². The van der Waals surface area contributed by atoms with Gasteiger partial charge in [-0.2, -0.15) is 4.84 Å². The summed E-state index contributed by atoms with van der Waals surface area (Å²) in [7, 11) is 1.26. The van der Waals surface area contributed by atoms with E-state index in [1.54, 1.807) is 24.3 Å². The van der Waals surface area contributed by atoms with E-state index < -0.39 is 12.3 Å². The highest BCUT2D eigenvalue weighted by Gasteiger charge is 2.35. The Kier molecular flexibility index (Phi) is 5.97. The summed E-state index contributed by atoms with van der Waals surface area (Å²) < 4.78 is 37.3. The molecule has 1 rings (SSSR count). The van der Waals surface area contributed by atoms with Gasteiger partial charge in [-0.1, -0.05) is 30.3 Å². The molecule has 0 aliphatic rings. The van der Waals surface area contributed by atoms with Crippen molar-refractivity contribution < 1.29 is 18.0 Å². The first-order valence-electron chi connectivity index (χ1n) is 5.97. The van der Waals surface area contributed by atoms with Crippen LogP contribution in [0.25, 0.3) is 0 Å². The van der Waals surface area contributed by atoms with Gasteiger partial charge in [-0.3, -0.25) is 15.7 Å². The van der Waals surface area contributed by atoms with Crippen molar-refractivity contribution >= 4 is 11.9 Å². The molecule has 116 valence electrons. The maximum Gasteiger partial charge on any atom is 0.544 e. The predicted octanol–water partition coefficient (Wildman–Crippen LogP) is 1.45. The average Bonchev–Trinajstić information content (AvgIpc) is 2.40. The highest BCUT2D eigenvalue weighted by molar-refractivity contribution is 5.95. The van der Waals surface area contributed by atoms with Crippen LogP contribution in [0.15, 0.2) is 35.3 Å². The van der Waals surface area contributed by atoms with E-state index in [0.29, 0.717) is 11.5 Å². The number of nitrogens with one attached hydrogen (secondary N) is 2. The lowest BCUT2D eigenvalue weighted by Crippen LogP contribution is -2.49. The molecule has 0 aromatic heterocycles. The Labute approximate surface area is 119 Å². The normalized spacial score (nSPS) is 12.1. The van der Waals surface area contributed by atoms with Gasteiger partial charge in [0.05, 0.1) is 6.54 Å². The zero-order chi connectivity index (χ0) is 15.9. The molecule has 0 unspecified atom stereocenters. The molecule has 0 amide bonds. The van der Waals surface area contributed by atoms with Crippen molar-refractivity contribution in [3.8, 4) is 0 Å². The number of guanidine groups is 2. The van der Waals surface area contributed by atoms with E-state index in [1.807, 2.05) is 6.07 Å². The fourth-order valence-corrected chi connectivity index (χ4v) is 1.55. The smallest absolute Gasteiger partial charge is 0.370 e. The number of benzene rings is 1. The molecule has 0 bridgehead atoms. The van der Waals surface area contributed by atoms with E-state index in [9.17, 15) is 13.2 Å². The average molecular weight is 303 g/mol. The Morgan fingerprint density at radius 1 is 1.38 bits per heavy atom. The van der Waals surface area contributed by atoms with Gasteiger partial charge in [0, 0.05) is 7.05 Å². The van der Waals surface area contributed by atoms with Crippen molar-refractivity contribution in [2.45, 2.75) is 12.8 Å². The number of hydroxylamine groups is 2. The molecule has 4 N–H and O–H groups in total. The van der Waals surface area contributed by atoms with Crippen molar-refractivity contribution in [1.82, 2.24) is 10.4 Å². The van der Waals surface area contributed by atoms with Gasteiger partial charge in [-0.15, -0.1) is 13.2 Å². The lowest BCUT2D eigenvalue weighted by molar-refractivity contribution is -0.395. The lowest BCUT2D eigenvalue weighted by atomic mass is 10.1. The summed E-state index contributed by atoms with van der Waals surface area (Å²) in [5, 5.41) is 9.79. The summed E-state index contributed by atoms with van der Waals surface area (Å²) in [4.78, 5) is 7.51. The number of halogens is 3. The Morgan fingerprint density at radius 2 is 2.00 bits per heavy atom. The van der Waals surface area contributed by atoms with Gasteiger partial charge in [0.25, 0.3) is 0 Å². The van der Waals surface area contributed by atoms with Gasteiger partial charge in [0.1, 0.15) is 0 Å². The highest BCUT2D eigenvalue weighted by atomic mass is 19.4. The summed E-state index contributed by atoms with van der Waals surface area (Å²) >= 11 is 0. The Balaban J connectivity index is 2.79. The maximum atomic E-state index is 12.4. The molecule has 0 aliphatic heterocycles. The molecule has 21 heavy (non-hydrogen) atoms. The predicted molar refractivity (Wildman–Crippen MR) is 72.4 cm³/mol. The second-order valence-corrected chi connectivity index (χ2v) is 3.96. The molecule has 1 aromatic rings. The highest BCUT2D eigenvalue weighted by Crippen LogP contribution is 2.19. The number of hydrogen-bond acceptors (Lipinski definition) is 3. The number of hydrogen-bond donors (Lipinski definition) is 3. The molecule has 0 saturated heterocycles. The third-order valence-corrected chi connectivity index (χ3v) is 2.35. The molecule has 0 saturated carbocycles.